The molecule has 3 rings (SSSR count). The molecule has 0 saturated carbocycles. The molecule has 0 aliphatic rings. The second-order valence-corrected chi connectivity index (χ2v) is 7.94. The summed E-state index contributed by atoms with van der Waals surface area (Å²) in [6.45, 7) is 1.95. The number of benzene rings is 3. The van der Waals surface area contributed by atoms with E-state index >= 15 is 0 Å². The number of methoxy groups -OCH3 is 2. The Balaban J connectivity index is 1.88. The summed E-state index contributed by atoms with van der Waals surface area (Å²) in [4.78, 5) is 0.243. The number of hydrogen-bond acceptors (Lipinski definition) is 4. The van der Waals surface area contributed by atoms with Crippen LogP contribution in [-0.2, 0) is 10.0 Å². The third-order valence-electron chi connectivity index (χ3n) is 4.55. The molecule has 5 nitrogen and oxygen atoms in total. The minimum Gasteiger partial charge on any atom is -0.497 e. The van der Waals surface area contributed by atoms with E-state index in [0.29, 0.717) is 6.42 Å². The molecule has 0 amide bonds. The van der Waals surface area contributed by atoms with Gasteiger partial charge in [0.15, 0.2) is 0 Å². The number of fused-ring (bicyclic) bond motifs is 1. The SMILES string of the molecule is CC[C@H](NS(=O)(=O)c1ccc2cc(OC)ccc2c1)c1ccc(OC)cc1. The first-order valence-corrected chi connectivity index (χ1v) is 10.2. The summed E-state index contributed by atoms with van der Waals surface area (Å²) < 4.78 is 39.0. The van der Waals surface area contributed by atoms with Gasteiger partial charge in [0, 0.05) is 6.04 Å². The quantitative estimate of drug-likeness (QED) is 0.659. The highest BCUT2D eigenvalue weighted by Crippen LogP contribution is 2.26. The highest BCUT2D eigenvalue weighted by molar-refractivity contribution is 7.89. The maximum atomic E-state index is 12.9. The van der Waals surface area contributed by atoms with Crippen LogP contribution in [0.1, 0.15) is 24.9 Å². The van der Waals surface area contributed by atoms with Crippen molar-refractivity contribution in [2.24, 2.45) is 0 Å². The standard InChI is InChI=1S/C21H23NO4S/c1-4-21(15-5-9-18(25-2)10-6-15)22-27(23,24)20-12-8-16-13-19(26-3)11-7-17(16)14-20/h5-14,21-22H,4H2,1-3H3/t21-/m0/s1. The lowest BCUT2D eigenvalue weighted by Crippen LogP contribution is -2.28. The summed E-state index contributed by atoms with van der Waals surface area (Å²) in [5.74, 6) is 1.48. The minimum absolute atomic E-state index is 0.243. The van der Waals surface area contributed by atoms with Crippen molar-refractivity contribution in [3.05, 3.63) is 66.2 Å². The average molecular weight is 385 g/mol. The van der Waals surface area contributed by atoms with Gasteiger partial charge in [-0.25, -0.2) is 13.1 Å². The fourth-order valence-corrected chi connectivity index (χ4v) is 4.32. The predicted molar refractivity (Wildman–Crippen MR) is 107 cm³/mol. The van der Waals surface area contributed by atoms with Crippen LogP contribution in [0.4, 0.5) is 0 Å². The van der Waals surface area contributed by atoms with E-state index in [0.717, 1.165) is 27.8 Å². The van der Waals surface area contributed by atoms with Gasteiger partial charge in [0.25, 0.3) is 0 Å². The van der Waals surface area contributed by atoms with Gasteiger partial charge >= 0.3 is 0 Å². The van der Waals surface area contributed by atoms with Gasteiger partial charge in [-0.2, -0.15) is 0 Å². The van der Waals surface area contributed by atoms with Gasteiger partial charge in [-0.1, -0.05) is 31.2 Å². The third-order valence-corrected chi connectivity index (χ3v) is 6.02. The predicted octanol–water partition coefficient (Wildman–Crippen LogP) is 4.29. The number of nitrogens with one attached hydrogen (secondary N) is 1. The van der Waals surface area contributed by atoms with Crippen LogP contribution in [-0.4, -0.2) is 22.6 Å². The maximum absolute atomic E-state index is 12.9. The number of ether oxygens (including phenoxy) is 2. The van der Waals surface area contributed by atoms with Gasteiger partial charge in [-0.3, -0.25) is 0 Å². The van der Waals surface area contributed by atoms with Crippen molar-refractivity contribution in [2.45, 2.75) is 24.3 Å². The molecule has 0 aliphatic heterocycles. The summed E-state index contributed by atoms with van der Waals surface area (Å²) in [6.07, 6.45) is 0.635. The van der Waals surface area contributed by atoms with Crippen LogP contribution in [0.15, 0.2) is 65.6 Å². The van der Waals surface area contributed by atoms with Gasteiger partial charge in [0.05, 0.1) is 19.1 Å². The van der Waals surface area contributed by atoms with Crippen LogP contribution in [0.3, 0.4) is 0 Å². The van der Waals surface area contributed by atoms with Crippen LogP contribution in [0, 0.1) is 0 Å². The summed E-state index contributed by atoms with van der Waals surface area (Å²) >= 11 is 0. The van der Waals surface area contributed by atoms with E-state index in [9.17, 15) is 8.42 Å². The van der Waals surface area contributed by atoms with Gasteiger partial charge < -0.3 is 9.47 Å². The molecule has 0 unspecified atom stereocenters. The lowest BCUT2D eigenvalue weighted by Gasteiger charge is -2.18. The van der Waals surface area contributed by atoms with E-state index in [-0.39, 0.29) is 10.9 Å². The molecule has 27 heavy (non-hydrogen) atoms. The highest BCUT2D eigenvalue weighted by Gasteiger charge is 2.20. The Morgan fingerprint density at radius 3 is 2.07 bits per heavy atom. The Bertz CT molecular complexity index is 1030. The lowest BCUT2D eigenvalue weighted by atomic mass is 10.1. The number of sulfonamides is 1. The Labute approximate surface area is 160 Å². The molecular weight excluding hydrogens is 362 g/mol. The van der Waals surface area contributed by atoms with E-state index in [2.05, 4.69) is 4.72 Å². The third kappa shape index (κ3) is 4.23. The Morgan fingerprint density at radius 1 is 0.852 bits per heavy atom. The molecule has 6 heteroatoms. The van der Waals surface area contributed by atoms with E-state index < -0.39 is 10.0 Å². The number of rotatable bonds is 7. The zero-order chi connectivity index (χ0) is 19.4. The van der Waals surface area contributed by atoms with Crippen molar-refractivity contribution >= 4 is 20.8 Å². The van der Waals surface area contributed by atoms with Gasteiger partial charge in [-0.15, -0.1) is 0 Å². The largest absolute Gasteiger partial charge is 0.497 e. The van der Waals surface area contributed by atoms with Crippen LogP contribution < -0.4 is 14.2 Å². The second kappa shape index (κ2) is 7.98. The molecule has 142 valence electrons. The van der Waals surface area contributed by atoms with Crippen LogP contribution >= 0.6 is 0 Å². The lowest BCUT2D eigenvalue weighted by molar-refractivity contribution is 0.414. The van der Waals surface area contributed by atoms with Crippen molar-refractivity contribution in [3.8, 4) is 11.5 Å². The van der Waals surface area contributed by atoms with Crippen molar-refractivity contribution in [1.29, 1.82) is 0 Å². The molecule has 0 fully saturated rings. The molecule has 3 aromatic rings. The van der Waals surface area contributed by atoms with Crippen LogP contribution in [0.2, 0.25) is 0 Å². The van der Waals surface area contributed by atoms with Crippen molar-refractivity contribution in [3.63, 3.8) is 0 Å². The molecule has 0 aromatic heterocycles. The fourth-order valence-electron chi connectivity index (χ4n) is 2.97. The first kappa shape index (κ1) is 19.2. The van der Waals surface area contributed by atoms with Crippen LogP contribution in [0.5, 0.6) is 11.5 Å². The molecule has 0 bridgehead atoms. The first-order chi connectivity index (χ1) is 13.0. The fraction of sp³-hybridized carbons (Fsp3) is 0.238. The number of hydrogen-bond donors (Lipinski definition) is 1. The molecule has 0 radical (unpaired) electrons. The molecule has 0 spiro atoms. The Morgan fingerprint density at radius 2 is 1.44 bits per heavy atom. The molecular formula is C21H23NO4S. The molecule has 0 aliphatic carbocycles. The zero-order valence-corrected chi connectivity index (χ0v) is 16.4. The van der Waals surface area contributed by atoms with E-state index in [1.807, 2.05) is 49.4 Å². The molecule has 1 atom stereocenters. The normalized spacial score (nSPS) is 12.7. The van der Waals surface area contributed by atoms with Crippen molar-refractivity contribution < 1.29 is 17.9 Å². The smallest absolute Gasteiger partial charge is 0.241 e. The van der Waals surface area contributed by atoms with Crippen molar-refractivity contribution in [1.82, 2.24) is 4.72 Å². The maximum Gasteiger partial charge on any atom is 0.241 e. The first-order valence-electron chi connectivity index (χ1n) is 8.71. The van der Waals surface area contributed by atoms with Gasteiger partial charge in [0.2, 0.25) is 10.0 Å². The second-order valence-electron chi connectivity index (χ2n) is 6.23. The zero-order valence-electron chi connectivity index (χ0n) is 15.6. The van der Waals surface area contributed by atoms with E-state index in [1.54, 1.807) is 32.4 Å². The molecule has 0 saturated heterocycles. The Hall–Kier alpha value is -2.57. The minimum atomic E-state index is -3.66. The van der Waals surface area contributed by atoms with Crippen molar-refractivity contribution in [2.75, 3.05) is 14.2 Å². The summed E-state index contributed by atoms with van der Waals surface area (Å²) in [7, 11) is -0.448. The molecule has 3 aromatic carbocycles. The summed E-state index contributed by atoms with van der Waals surface area (Å²) in [5, 5.41) is 1.77. The van der Waals surface area contributed by atoms with Crippen LogP contribution in [0.25, 0.3) is 10.8 Å². The molecule has 0 heterocycles. The topological polar surface area (TPSA) is 64.6 Å². The average Bonchev–Trinajstić information content (AvgIpc) is 2.71. The Kier molecular flexibility index (Phi) is 5.68. The summed E-state index contributed by atoms with van der Waals surface area (Å²) in [5.41, 5.74) is 0.896. The summed E-state index contributed by atoms with van der Waals surface area (Å²) in [6, 6.07) is 17.7. The monoisotopic (exact) mass is 385 g/mol. The van der Waals surface area contributed by atoms with E-state index in [1.165, 1.54) is 0 Å². The highest BCUT2D eigenvalue weighted by atomic mass is 32.2. The van der Waals surface area contributed by atoms with Gasteiger partial charge in [0.1, 0.15) is 11.5 Å². The molecule has 1 N–H and O–H groups in total. The van der Waals surface area contributed by atoms with E-state index in [4.69, 9.17) is 9.47 Å². The van der Waals surface area contributed by atoms with Gasteiger partial charge in [-0.05, 0) is 59.2 Å².